The lowest BCUT2D eigenvalue weighted by atomic mass is 10.1. The van der Waals surface area contributed by atoms with Crippen molar-refractivity contribution in [2.45, 2.75) is 13.8 Å². The minimum Gasteiger partial charge on any atom is -0.483 e. The highest BCUT2D eigenvalue weighted by atomic mass is 16.6. The molecular weight excluding hydrogens is 392 g/mol. The molecule has 2 aromatic carbocycles. The Hall–Kier alpha value is -3.95. The van der Waals surface area contributed by atoms with Gasteiger partial charge in [-0.15, -0.1) is 0 Å². The normalized spacial score (nSPS) is 10.6. The zero-order chi connectivity index (χ0) is 22.1. The lowest BCUT2D eigenvalue weighted by molar-refractivity contribution is -0.400. The molecule has 0 spiro atoms. The molecule has 2 aromatic rings. The van der Waals surface area contributed by atoms with E-state index >= 15 is 0 Å². The quantitative estimate of drug-likeness (QED) is 0.463. The molecular formula is C20H22N4O6. The van der Waals surface area contributed by atoms with Gasteiger partial charge in [-0.2, -0.15) is 0 Å². The van der Waals surface area contributed by atoms with Crippen molar-refractivity contribution in [3.8, 4) is 5.75 Å². The summed E-state index contributed by atoms with van der Waals surface area (Å²) in [7, 11) is 0. The Bertz CT molecular complexity index is 956. The summed E-state index contributed by atoms with van der Waals surface area (Å²) >= 11 is 0. The summed E-state index contributed by atoms with van der Waals surface area (Å²) in [6.45, 7) is 5.14. The number of nitrogens with zero attached hydrogens (tertiary/aromatic N) is 3. The Morgan fingerprint density at radius 2 is 1.87 bits per heavy atom. The number of hydrogen-bond acceptors (Lipinski definition) is 7. The minimum absolute atomic E-state index is 0.146. The van der Waals surface area contributed by atoms with Gasteiger partial charge in [-0.05, 0) is 32.0 Å². The summed E-state index contributed by atoms with van der Waals surface area (Å²) in [5, 5.41) is 24.0. The van der Waals surface area contributed by atoms with Crippen LogP contribution in [0, 0.1) is 20.2 Å². The second kappa shape index (κ2) is 10.6. The van der Waals surface area contributed by atoms with Crippen molar-refractivity contribution in [1.82, 2.24) is 0 Å². The first-order valence-corrected chi connectivity index (χ1v) is 9.21. The second-order valence-corrected chi connectivity index (χ2v) is 6.14. The maximum atomic E-state index is 12.2. The molecule has 0 atom stereocenters. The number of benzene rings is 2. The van der Waals surface area contributed by atoms with Crippen molar-refractivity contribution in [3.63, 3.8) is 0 Å². The van der Waals surface area contributed by atoms with Crippen LogP contribution < -0.4 is 15.0 Å². The van der Waals surface area contributed by atoms with E-state index < -0.39 is 15.8 Å². The van der Waals surface area contributed by atoms with Gasteiger partial charge in [0.1, 0.15) is 5.75 Å². The summed E-state index contributed by atoms with van der Waals surface area (Å²) in [6.07, 6.45) is 2.09. The van der Waals surface area contributed by atoms with Crippen LogP contribution in [0.15, 0.2) is 48.7 Å². The van der Waals surface area contributed by atoms with Crippen LogP contribution in [0.2, 0.25) is 0 Å². The first-order chi connectivity index (χ1) is 14.3. The van der Waals surface area contributed by atoms with E-state index in [-0.39, 0.29) is 18.0 Å². The average molecular weight is 414 g/mol. The molecule has 0 heterocycles. The molecule has 1 N–H and O–H groups in total. The molecule has 0 aliphatic rings. The summed E-state index contributed by atoms with van der Waals surface area (Å²) in [4.78, 5) is 34.7. The van der Waals surface area contributed by atoms with Crippen molar-refractivity contribution in [1.29, 1.82) is 0 Å². The third kappa shape index (κ3) is 6.30. The number of hydrogen-bond donors (Lipinski definition) is 1. The molecule has 10 nitrogen and oxygen atoms in total. The number of rotatable bonds is 10. The molecule has 0 aliphatic carbocycles. The van der Waals surface area contributed by atoms with Crippen molar-refractivity contribution in [3.05, 3.63) is 74.5 Å². The number of carbonyl (C=O) groups is 1. The number of nitrogens with one attached hydrogen (secondary N) is 1. The Kier molecular flexibility index (Phi) is 7.86. The number of carbonyl (C=O) groups excluding carboxylic acids is 1. The van der Waals surface area contributed by atoms with Gasteiger partial charge in [0, 0.05) is 54.3 Å². The van der Waals surface area contributed by atoms with Gasteiger partial charge < -0.3 is 15.0 Å². The van der Waals surface area contributed by atoms with Crippen molar-refractivity contribution in [2.24, 2.45) is 0 Å². The lowest BCUT2D eigenvalue weighted by Gasteiger charge is -2.22. The monoisotopic (exact) mass is 414 g/mol. The van der Waals surface area contributed by atoms with Gasteiger partial charge in [-0.1, -0.05) is 6.07 Å². The molecule has 30 heavy (non-hydrogen) atoms. The first-order valence-electron chi connectivity index (χ1n) is 9.21. The average Bonchev–Trinajstić information content (AvgIpc) is 2.72. The second-order valence-electron chi connectivity index (χ2n) is 6.14. The topological polar surface area (TPSA) is 128 Å². The van der Waals surface area contributed by atoms with Crippen LogP contribution in [0.4, 0.5) is 17.1 Å². The van der Waals surface area contributed by atoms with Crippen LogP contribution in [0.25, 0.3) is 6.08 Å². The fraction of sp³-hybridized carbons (Fsp3) is 0.250. The molecule has 0 bridgehead atoms. The van der Waals surface area contributed by atoms with Crippen molar-refractivity contribution >= 4 is 29.0 Å². The zero-order valence-corrected chi connectivity index (χ0v) is 16.6. The molecule has 0 saturated carbocycles. The van der Waals surface area contributed by atoms with Crippen LogP contribution in [0.5, 0.6) is 5.75 Å². The van der Waals surface area contributed by atoms with E-state index in [4.69, 9.17) is 4.74 Å². The summed E-state index contributed by atoms with van der Waals surface area (Å²) in [5.74, 6) is -0.209. The van der Waals surface area contributed by atoms with Gasteiger partial charge in [0.15, 0.2) is 6.61 Å². The Morgan fingerprint density at radius 3 is 2.50 bits per heavy atom. The van der Waals surface area contributed by atoms with Gasteiger partial charge in [0.25, 0.3) is 11.6 Å². The molecule has 158 valence electrons. The summed E-state index contributed by atoms with van der Waals surface area (Å²) < 4.78 is 5.61. The fourth-order valence-electron chi connectivity index (χ4n) is 2.75. The molecule has 0 aliphatic heterocycles. The summed E-state index contributed by atoms with van der Waals surface area (Å²) in [6, 6.07) is 10.8. The van der Waals surface area contributed by atoms with E-state index in [9.17, 15) is 25.0 Å². The van der Waals surface area contributed by atoms with Crippen LogP contribution in [-0.2, 0) is 4.79 Å². The third-order valence-corrected chi connectivity index (χ3v) is 4.20. The van der Waals surface area contributed by atoms with Crippen LogP contribution >= 0.6 is 0 Å². The zero-order valence-electron chi connectivity index (χ0n) is 16.6. The van der Waals surface area contributed by atoms with E-state index in [1.807, 2.05) is 19.9 Å². The maximum absolute atomic E-state index is 12.2. The number of nitro groups is 2. The molecule has 0 unspecified atom stereocenters. The van der Waals surface area contributed by atoms with Gasteiger partial charge >= 0.3 is 0 Å². The molecule has 0 aromatic heterocycles. The molecule has 1 amide bonds. The molecule has 2 rings (SSSR count). The number of ether oxygens (including phenoxy) is 1. The van der Waals surface area contributed by atoms with Crippen LogP contribution in [0.3, 0.4) is 0 Å². The predicted molar refractivity (Wildman–Crippen MR) is 113 cm³/mol. The van der Waals surface area contributed by atoms with Gasteiger partial charge in [-0.3, -0.25) is 25.0 Å². The highest BCUT2D eigenvalue weighted by Gasteiger charge is 2.12. The Labute approximate surface area is 173 Å². The minimum atomic E-state index is -0.586. The highest BCUT2D eigenvalue weighted by Crippen LogP contribution is 2.27. The largest absolute Gasteiger partial charge is 0.483 e. The van der Waals surface area contributed by atoms with E-state index in [2.05, 4.69) is 10.2 Å². The number of nitro benzene ring substituents is 1. The van der Waals surface area contributed by atoms with E-state index in [0.717, 1.165) is 25.0 Å². The van der Waals surface area contributed by atoms with Crippen LogP contribution in [-0.4, -0.2) is 35.5 Å². The van der Waals surface area contributed by atoms with Gasteiger partial charge in [0.2, 0.25) is 6.20 Å². The molecule has 0 radical (unpaired) electrons. The third-order valence-electron chi connectivity index (χ3n) is 4.20. The van der Waals surface area contributed by atoms with E-state index in [0.29, 0.717) is 11.3 Å². The Morgan fingerprint density at radius 1 is 1.13 bits per heavy atom. The predicted octanol–water partition coefficient (Wildman–Crippen LogP) is 3.71. The fourth-order valence-corrected chi connectivity index (χ4v) is 2.75. The first kappa shape index (κ1) is 22.3. The van der Waals surface area contributed by atoms with Crippen LogP contribution in [0.1, 0.15) is 19.4 Å². The number of non-ortho nitro benzene ring substituents is 1. The smallest absolute Gasteiger partial charge is 0.271 e. The molecule has 0 fully saturated rings. The number of anilines is 2. The van der Waals surface area contributed by atoms with Crippen molar-refractivity contribution in [2.75, 3.05) is 29.9 Å². The standard InChI is InChI=1S/C20H22N4O6/c1-3-22(4-2)17-9-8-15(10-11-23(26)27)19(13-17)30-14-20(25)21-16-6-5-7-18(12-16)24(28)29/h5-13H,3-4,14H2,1-2H3,(H,21,25)/b11-10+. The Balaban J connectivity index is 2.17. The summed E-state index contributed by atoms with van der Waals surface area (Å²) in [5.41, 5.74) is 1.43. The highest BCUT2D eigenvalue weighted by molar-refractivity contribution is 5.92. The van der Waals surface area contributed by atoms with E-state index in [1.54, 1.807) is 12.1 Å². The molecule has 0 saturated heterocycles. The van der Waals surface area contributed by atoms with Crippen molar-refractivity contribution < 1.29 is 19.4 Å². The number of amides is 1. The van der Waals surface area contributed by atoms with Gasteiger partial charge in [-0.25, -0.2) is 0 Å². The SMILES string of the molecule is CCN(CC)c1ccc(/C=C/[N+](=O)[O-])c(OCC(=O)Nc2cccc([N+](=O)[O-])c2)c1. The van der Waals surface area contributed by atoms with Gasteiger partial charge in [0.05, 0.1) is 9.85 Å². The van der Waals surface area contributed by atoms with E-state index in [1.165, 1.54) is 30.3 Å². The lowest BCUT2D eigenvalue weighted by Crippen LogP contribution is -2.22. The molecule has 10 heteroatoms. The maximum Gasteiger partial charge on any atom is 0.271 e.